The first kappa shape index (κ1) is 11.0. The molecule has 0 saturated carbocycles. The Labute approximate surface area is 101 Å². The second-order valence-electron chi connectivity index (χ2n) is 3.33. The molecule has 0 bridgehead atoms. The van der Waals surface area contributed by atoms with Gasteiger partial charge in [0.25, 0.3) is 0 Å². The maximum atomic E-state index is 12.0. The van der Waals surface area contributed by atoms with Crippen LogP contribution in [0.25, 0.3) is 11.0 Å². The molecule has 2 rings (SSSR count). The molecule has 0 aliphatic carbocycles. The minimum Gasteiger partial charge on any atom is -0.464 e. The molecule has 1 heterocycles. The number of halogens is 1. The van der Waals surface area contributed by atoms with Gasteiger partial charge in [0, 0.05) is 16.5 Å². The number of hydrogen-bond donors (Lipinski definition) is 0. The van der Waals surface area contributed by atoms with Crippen LogP contribution in [0.2, 0.25) is 0 Å². The Morgan fingerprint density at radius 3 is 3.00 bits per heavy atom. The van der Waals surface area contributed by atoms with Crippen molar-refractivity contribution in [2.24, 2.45) is 0 Å². The third-order valence-electron chi connectivity index (χ3n) is 2.26. The van der Waals surface area contributed by atoms with Gasteiger partial charge in [0.15, 0.2) is 5.43 Å². The normalized spacial score (nSPS) is 9.88. The molecular weight excluding hydrogens is 268 g/mol. The zero-order valence-corrected chi connectivity index (χ0v) is 10.3. The second-order valence-corrected chi connectivity index (χ2v) is 4.25. The lowest BCUT2D eigenvalue weighted by Gasteiger charge is -1.99. The fraction of sp³-hybridized carbons (Fsp3) is 0.154. The molecule has 0 atom stereocenters. The number of hydrogen-bond acceptors (Lipinski definition) is 2. The summed E-state index contributed by atoms with van der Waals surface area (Å²) < 4.78 is 6.25. The molecule has 0 aliphatic rings. The molecule has 0 amide bonds. The molecule has 1 aromatic carbocycles. The van der Waals surface area contributed by atoms with Gasteiger partial charge in [-0.15, -0.1) is 5.92 Å². The summed E-state index contributed by atoms with van der Waals surface area (Å²) in [5.41, 5.74) is 1.19. The van der Waals surface area contributed by atoms with Crippen molar-refractivity contribution in [1.82, 2.24) is 0 Å². The van der Waals surface area contributed by atoms with Gasteiger partial charge in [-0.3, -0.25) is 4.79 Å². The van der Waals surface area contributed by atoms with E-state index in [-0.39, 0.29) is 5.43 Å². The summed E-state index contributed by atoms with van der Waals surface area (Å²) in [6.07, 6.45) is 1.92. The van der Waals surface area contributed by atoms with E-state index < -0.39 is 0 Å². The summed E-state index contributed by atoms with van der Waals surface area (Å²) in [5.74, 6) is 5.63. The van der Waals surface area contributed by atoms with Gasteiger partial charge in [0.05, 0.1) is 11.6 Å². The van der Waals surface area contributed by atoms with Gasteiger partial charge >= 0.3 is 0 Å². The molecule has 80 valence electrons. The Hall–Kier alpha value is -1.53. The number of rotatable bonds is 1. The average Bonchev–Trinajstić information content (AvgIpc) is 2.29. The average molecular weight is 277 g/mol. The van der Waals surface area contributed by atoms with Crippen LogP contribution in [-0.4, -0.2) is 0 Å². The highest BCUT2D eigenvalue weighted by Crippen LogP contribution is 2.17. The molecule has 0 unspecified atom stereocenters. The highest BCUT2D eigenvalue weighted by atomic mass is 79.9. The predicted molar refractivity (Wildman–Crippen MR) is 67.3 cm³/mol. The molecule has 0 aliphatic heterocycles. The SMILES string of the molecule is CC#CCc1coc2ccc(Br)cc2c1=O. The van der Waals surface area contributed by atoms with Gasteiger partial charge < -0.3 is 4.42 Å². The topological polar surface area (TPSA) is 30.2 Å². The van der Waals surface area contributed by atoms with E-state index in [2.05, 4.69) is 27.8 Å². The van der Waals surface area contributed by atoms with Crippen LogP contribution < -0.4 is 5.43 Å². The molecule has 0 N–H and O–H groups in total. The summed E-state index contributed by atoms with van der Waals surface area (Å²) >= 11 is 3.34. The lowest BCUT2D eigenvalue weighted by molar-refractivity contribution is 0.595. The van der Waals surface area contributed by atoms with Crippen LogP contribution in [-0.2, 0) is 6.42 Å². The maximum Gasteiger partial charge on any atom is 0.196 e. The molecule has 16 heavy (non-hydrogen) atoms. The zero-order valence-electron chi connectivity index (χ0n) is 8.71. The summed E-state index contributed by atoms with van der Waals surface area (Å²) in [6.45, 7) is 1.75. The predicted octanol–water partition coefficient (Wildman–Crippen LogP) is 3.12. The summed E-state index contributed by atoms with van der Waals surface area (Å²) in [6, 6.07) is 5.39. The van der Waals surface area contributed by atoms with Crippen molar-refractivity contribution in [2.45, 2.75) is 13.3 Å². The van der Waals surface area contributed by atoms with E-state index in [4.69, 9.17) is 4.42 Å². The van der Waals surface area contributed by atoms with Crippen LogP contribution in [0.3, 0.4) is 0 Å². The molecule has 0 radical (unpaired) electrons. The standard InChI is InChI=1S/C13H9BrO2/c1-2-3-4-9-8-16-12-6-5-10(14)7-11(12)13(9)15/h5-8H,4H2,1H3. The van der Waals surface area contributed by atoms with E-state index >= 15 is 0 Å². The van der Waals surface area contributed by atoms with Crippen LogP contribution in [0.5, 0.6) is 0 Å². The van der Waals surface area contributed by atoms with Crippen molar-refractivity contribution >= 4 is 26.9 Å². The molecule has 3 heteroatoms. The van der Waals surface area contributed by atoms with Crippen LogP contribution in [0.1, 0.15) is 12.5 Å². The van der Waals surface area contributed by atoms with Gasteiger partial charge in [-0.2, -0.15) is 0 Å². The van der Waals surface area contributed by atoms with Gasteiger partial charge in [-0.25, -0.2) is 0 Å². The summed E-state index contributed by atoms with van der Waals surface area (Å²) in [4.78, 5) is 12.0. The van der Waals surface area contributed by atoms with E-state index in [1.165, 1.54) is 6.26 Å². The van der Waals surface area contributed by atoms with E-state index in [0.717, 1.165) is 4.47 Å². The molecule has 2 nitrogen and oxygen atoms in total. The van der Waals surface area contributed by atoms with E-state index in [1.807, 2.05) is 6.07 Å². The van der Waals surface area contributed by atoms with Crippen molar-refractivity contribution in [3.8, 4) is 11.8 Å². The van der Waals surface area contributed by atoms with Gasteiger partial charge in [-0.1, -0.05) is 21.9 Å². The fourth-order valence-corrected chi connectivity index (χ4v) is 1.81. The van der Waals surface area contributed by atoms with E-state index in [0.29, 0.717) is 23.0 Å². The monoisotopic (exact) mass is 276 g/mol. The van der Waals surface area contributed by atoms with Crippen molar-refractivity contribution in [3.63, 3.8) is 0 Å². The Balaban J connectivity index is 2.66. The highest BCUT2D eigenvalue weighted by molar-refractivity contribution is 9.10. The Kier molecular flexibility index (Phi) is 3.12. The lowest BCUT2D eigenvalue weighted by Crippen LogP contribution is -2.07. The first-order valence-corrected chi connectivity index (χ1v) is 5.61. The molecular formula is C13H9BrO2. The maximum absolute atomic E-state index is 12.0. The van der Waals surface area contributed by atoms with Crippen molar-refractivity contribution in [3.05, 3.63) is 44.7 Å². The van der Waals surface area contributed by atoms with Gasteiger partial charge in [0.2, 0.25) is 0 Å². The van der Waals surface area contributed by atoms with Gasteiger partial charge in [0.1, 0.15) is 5.58 Å². The van der Waals surface area contributed by atoms with Crippen LogP contribution >= 0.6 is 15.9 Å². The van der Waals surface area contributed by atoms with Crippen molar-refractivity contribution in [1.29, 1.82) is 0 Å². The highest BCUT2D eigenvalue weighted by Gasteiger charge is 2.06. The number of benzene rings is 1. The Morgan fingerprint density at radius 1 is 1.44 bits per heavy atom. The molecule has 0 fully saturated rings. The first-order chi connectivity index (χ1) is 7.72. The minimum absolute atomic E-state index is 0.00898. The molecule has 0 spiro atoms. The number of fused-ring (bicyclic) bond motifs is 1. The fourth-order valence-electron chi connectivity index (χ4n) is 1.45. The van der Waals surface area contributed by atoms with Crippen LogP contribution in [0.15, 0.2) is 38.1 Å². The Bertz CT molecular complexity index is 644. The second kappa shape index (κ2) is 4.54. The third-order valence-corrected chi connectivity index (χ3v) is 2.75. The molecule has 1 aromatic heterocycles. The lowest BCUT2D eigenvalue weighted by atomic mass is 10.1. The van der Waals surface area contributed by atoms with Crippen molar-refractivity contribution < 1.29 is 4.42 Å². The quantitative estimate of drug-likeness (QED) is 0.750. The third kappa shape index (κ3) is 2.02. The van der Waals surface area contributed by atoms with Gasteiger partial charge in [-0.05, 0) is 25.1 Å². The van der Waals surface area contributed by atoms with E-state index in [1.54, 1.807) is 19.1 Å². The minimum atomic E-state index is -0.00898. The Morgan fingerprint density at radius 2 is 2.25 bits per heavy atom. The van der Waals surface area contributed by atoms with Crippen LogP contribution in [0, 0.1) is 11.8 Å². The zero-order chi connectivity index (χ0) is 11.5. The largest absolute Gasteiger partial charge is 0.464 e. The van der Waals surface area contributed by atoms with Crippen molar-refractivity contribution in [2.75, 3.05) is 0 Å². The van der Waals surface area contributed by atoms with E-state index in [9.17, 15) is 4.79 Å². The summed E-state index contributed by atoms with van der Waals surface area (Å²) in [7, 11) is 0. The first-order valence-electron chi connectivity index (χ1n) is 4.82. The molecule has 0 saturated heterocycles. The summed E-state index contributed by atoms with van der Waals surface area (Å²) in [5, 5.41) is 0.588. The smallest absolute Gasteiger partial charge is 0.196 e. The van der Waals surface area contributed by atoms with Crippen LogP contribution in [0.4, 0.5) is 0 Å². The molecule has 2 aromatic rings.